The minimum Gasteiger partial charge on any atom is -0.507 e. The quantitative estimate of drug-likeness (QED) is 0.750. The van der Waals surface area contributed by atoms with Gasteiger partial charge in [0.25, 0.3) is 5.91 Å². The summed E-state index contributed by atoms with van der Waals surface area (Å²) in [6.45, 7) is 3.60. The van der Waals surface area contributed by atoms with E-state index in [9.17, 15) is 9.90 Å². The van der Waals surface area contributed by atoms with Gasteiger partial charge in [-0.05, 0) is 38.1 Å². The van der Waals surface area contributed by atoms with Gasteiger partial charge in [-0.1, -0.05) is 11.6 Å². The van der Waals surface area contributed by atoms with Crippen LogP contribution in [0.3, 0.4) is 0 Å². The number of hydrogen-bond donors (Lipinski definition) is 3. The summed E-state index contributed by atoms with van der Waals surface area (Å²) in [5.41, 5.74) is -0.0446. The van der Waals surface area contributed by atoms with E-state index in [0.29, 0.717) is 5.02 Å². The number of halogens is 1. The van der Waals surface area contributed by atoms with Crippen LogP contribution < -0.4 is 10.6 Å². The standard InChI is InChI=1S/C12H15ClN2O2/c1-12(4-5-14-7-12)15-11(17)9-6-8(13)2-3-10(9)16/h2-3,6,14,16H,4-5,7H2,1H3,(H,15,17). The highest BCUT2D eigenvalue weighted by atomic mass is 35.5. The summed E-state index contributed by atoms with van der Waals surface area (Å²) in [6, 6.07) is 4.44. The van der Waals surface area contributed by atoms with E-state index in [1.165, 1.54) is 12.1 Å². The zero-order valence-corrected chi connectivity index (χ0v) is 10.3. The minimum absolute atomic E-state index is 0.0542. The third kappa shape index (κ3) is 2.70. The highest BCUT2D eigenvalue weighted by molar-refractivity contribution is 6.31. The highest BCUT2D eigenvalue weighted by Crippen LogP contribution is 2.23. The van der Waals surface area contributed by atoms with Crippen LogP contribution >= 0.6 is 11.6 Å². The van der Waals surface area contributed by atoms with Crippen molar-refractivity contribution in [2.24, 2.45) is 0 Å². The Labute approximate surface area is 105 Å². The van der Waals surface area contributed by atoms with Crippen LogP contribution in [0.4, 0.5) is 0 Å². The molecular formula is C12H15ClN2O2. The number of nitrogens with one attached hydrogen (secondary N) is 2. The number of hydrogen-bond acceptors (Lipinski definition) is 3. The van der Waals surface area contributed by atoms with Crippen molar-refractivity contribution in [3.05, 3.63) is 28.8 Å². The van der Waals surface area contributed by atoms with Crippen LogP contribution in [0, 0.1) is 0 Å². The number of phenolic OH excluding ortho intramolecular Hbond substituents is 1. The average Bonchev–Trinajstić information content (AvgIpc) is 2.68. The maximum atomic E-state index is 12.0. The van der Waals surface area contributed by atoms with Gasteiger partial charge in [0.2, 0.25) is 0 Å². The number of amides is 1. The molecule has 1 aromatic carbocycles. The second-order valence-electron chi connectivity index (χ2n) is 4.60. The Balaban J connectivity index is 2.17. The molecule has 0 aromatic heterocycles. The molecule has 1 amide bonds. The van der Waals surface area contributed by atoms with Gasteiger partial charge in [0.15, 0.2) is 0 Å². The molecule has 1 unspecified atom stereocenters. The Morgan fingerprint density at radius 1 is 1.59 bits per heavy atom. The highest BCUT2D eigenvalue weighted by Gasteiger charge is 2.30. The van der Waals surface area contributed by atoms with Crippen molar-refractivity contribution in [2.45, 2.75) is 18.9 Å². The summed E-state index contributed by atoms with van der Waals surface area (Å²) in [4.78, 5) is 12.0. The van der Waals surface area contributed by atoms with E-state index in [0.717, 1.165) is 19.5 Å². The number of carbonyl (C=O) groups excluding carboxylic acids is 1. The van der Waals surface area contributed by atoms with Gasteiger partial charge in [-0.15, -0.1) is 0 Å². The first-order valence-electron chi connectivity index (χ1n) is 5.52. The lowest BCUT2D eigenvalue weighted by Crippen LogP contribution is -2.47. The maximum Gasteiger partial charge on any atom is 0.255 e. The van der Waals surface area contributed by atoms with Crippen LogP contribution in [0.1, 0.15) is 23.7 Å². The molecule has 3 N–H and O–H groups in total. The van der Waals surface area contributed by atoms with Gasteiger partial charge in [0.1, 0.15) is 5.75 Å². The summed E-state index contributed by atoms with van der Waals surface area (Å²) < 4.78 is 0. The Kier molecular flexibility index (Phi) is 3.26. The zero-order valence-electron chi connectivity index (χ0n) is 9.59. The molecule has 1 aromatic rings. The molecule has 1 aliphatic rings. The summed E-state index contributed by atoms with van der Waals surface area (Å²) in [5, 5.41) is 16.2. The van der Waals surface area contributed by atoms with E-state index in [-0.39, 0.29) is 22.8 Å². The molecule has 5 heteroatoms. The van der Waals surface area contributed by atoms with Crippen LogP contribution in [0.15, 0.2) is 18.2 Å². The first-order chi connectivity index (χ1) is 8.00. The molecule has 0 bridgehead atoms. The van der Waals surface area contributed by atoms with E-state index in [1.54, 1.807) is 6.07 Å². The van der Waals surface area contributed by atoms with Crippen molar-refractivity contribution in [1.82, 2.24) is 10.6 Å². The van der Waals surface area contributed by atoms with E-state index in [4.69, 9.17) is 11.6 Å². The summed E-state index contributed by atoms with van der Waals surface area (Å²) in [7, 11) is 0. The molecule has 1 saturated heterocycles. The van der Waals surface area contributed by atoms with Crippen LogP contribution in [0.2, 0.25) is 5.02 Å². The van der Waals surface area contributed by atoms with Gasteiger partial charge in [-0.2, -0.15) is 0 Å². The smallest absolute Gasteiger partial charge is 0.255 e. The van der Waals surface area contributed by atoms with Gasteiger partial charge in [-0.3, -0.25) is 4.79 Å². The van der Waals surface area contributed by atoms with Crippen molar-refractivity contribution >= 4 is 17.5 Å². The predicted molar refractivity (Wildman–Crippen MR) is 66.5 cm³/mol. The number of aromatic hydroxyl groups is 1. The van der Waals surface area contributed by atoms with Gasteiger partial charge in [-0.25, -0.2) is 0 Å². The van der Waals surface area contributed by atoms with Crippen molar-refractivity contribution in [3.63, 3.8) is 0 Å². The van der Waals surface area contributed by atoms with E-state index in [1.807, 2.05) is 6.92 Å². The molecule has 0 radical (unpaired) electrons. The molecule has 1 heterocycles. The molecule has 17 heavy (non-hydrogen) atoms. The summed E-state index contributed by atoms with van der Waals surface area (Å²) in [5.74, 6) is -0.349. The molecule has 1 atom stereocenters. The van der Waals surface area contributed by atoms with Gasteiger partial charge in [0.05, 0.1) is 11.1 Å². The number of rotatable bonds is 2. The fraction of sp³-hybridized carbons (Fsp3) is 0.417. The topological polar surface area (TPSA) is 61.4 Å². The molecule has 1 fully saturated rings. The van der Waals surface area contributed by atoms with Crippen molar-refractivity contribution < 1.29 is 9.90 Å². The van der Waals surface area contributed by atoms with Crippen molar-refractivity contribution in [1.29, 1.82) is 0 Å². The Morgan fingerprint density at radius 2 is 2.35 bits per heavy atom. The number of carbonyl (C=O) groups is 1. The Hall–Kier alpha value is -1.26. The lowest BCUT2D eigenvalue weighted by atomic mass is 10.0. The molecule has 92 valence electrons. The largest absolute Gasteiger partial charge is 0.507 e. The minimum atomic E-state index is -0.295. The number of phenols is 1. The summed E-state index contributed by atoms with van der Waals surface area (Å²) >= 11 is 5.81. The van der Waals surface area contributed by atoms with Crippen LogP contribution in [0.25, 0.3) is 0 Å². The molecule has 2 rings (SSSR count). The van der Waals surface area contributed by atoms with Gasteiger partial charge < -0.3 is 15.7 Å². The lowest BCUT2D eigenvalue weighted by molar-refractivity contribution is 0.0910. The van der Waals surface area contributed by atoms with Crippen LogP contribution in [-0.2, 0) is 0 Å². The monoisotopic (exact) mass is 254 g/mol. The normalized spacial score (nSPS) is 23.6. The fourth-order valence-corrected chi connectivity index (χ4v) is 2.13. The molecule has 0 saturated carbocycles. The zero-order chi connectivity index (χ0) is 12.5. The van der Waals surface area contributed by atoms with Crippen LogP contribution in [0.5, 0.6) is 5.75 Å². The summed E-state index contributed by atoms with van der Waals surface area (Å²) in [6.07, 6.45) is 0.875. The van der Waals surface area contributed by atoms with Crippen molar-refractivity contribution in [2.75, 3.05) is 13.1 Å². The lowest BCUT2D eigenvalue weighted by Gasteiger charge is -2.24. The SMILES string of the molecule is CC1(NC(=O)c2cc(Cl)ccc2O)CCNC1. The van der Waals surface area contributed by atoms with Crippen LogP contribution in [-0.4, -0.2) is 29.6 Å². The van der Waals surface area contributed by atoms with E-state index >= 15 is 0 Å². The first kappa shape index (κ1) is 12.2. The Morgan fingerprint density at radius 3 is 3.00 bits per heavy atom. The first-order valence-corrected chi connectivity index (χ1v) is 5.90. The van der Waals surface area contributed by atoms with E-state index in [2.05, 4.69) is 10.6 Å². The van der Waals surface area contributed by atoms with E-state index < -0.39 is 0 Å². The maximum absolute atomic E-state index is 12.0. The molecule has 1 aliphatic heterocycles. The second-order valence-corrected chi connectivity index (χ2v) is 5.04. The predicted octanol–water partition coefficient (Wildman–Crippen LogP) is 1.53. The van der Waals surface area contributed by atoms with Gasteiger partial charge >= 0.3 is 0 Å². The average molecular weight is 255 g/mol. The fourth-order valence-electron chi connectivity index (χ4n) is 1.96. The molecule has 0 aliphatic carbocycles. The molecule has 4 nitrogen and oxygen atoms in total. The molecule has 0 spiro atoms. The van der Waals surface area contributed by atoms with Crippen molar-refractivity contribution in [3.8, 4) is 5.75 Å². The second kappa shape index (κ2) is 4.55. The van der Waals surface area contributed by atoms with Gasteiger partial charge in [0, 0.05) is 11.6 Å². The Bertz CT molecular complexity index is 442. The third-order valence-corrected chi connectivity index (χ3v) is 3.22. The number of benzene rings is 1. The molecular weight excluding hydrogens is 240 g/mol. The third-order valence-electron chi connectivity index (χ3n) is 2.99.